The van der Waals surface area contributed by atoms with Crippen LogP contribution in [0.1, 0.15) is 10.4 Å². The van der Waals surface area contributed by atoms with E-state index in [1.165, 1.54) is 0 Å². The molecule has 88 valence electrons. The Morgan fingerprint density at radius 1 is 1.38 bits per heavy atom. The van der Waals surface area contributed by atoms with Crippen molar-refractivity contribution >= 4 is 5.91 Å². The van der Waals surface area contributed by atoms with Gasteiger partial charge in [-0.05, 0) is 12.1 Å². The maximum absolute atomic E-state index is 12.5. The van der Waals surface area contributed by atoms with Gasteiger partial charge in [-0.3, -0.25) is 4.79 Å². The molecule has 0 fully saturated rings. The summed E-state index contributed by atoms with van der Waals surface area (Å²) in [6.45, 7) is -1.51. The number of amides is 1. The summed E-state index contributed by atoms with van der Waals surface area (Å²) in [7, 11) is 0. The van der Waals surface area contributed by atoms with Gasteiger partial charge >= 0.3 is 6.18 Å². The molecule has 1 rings (SSSR count). The topological polar surface area (TPSA) is 49.3 Å². The van der Waals surface area contributed by atoms with E-state index in [4.69, 9.17) is 5.11 Å². The third kappa shape index (κ3) is 3.41. The minimum Gasteiger partial charge on any atom is -0.507 e. The van der Waals surface area contributed by atoms with Crippen molar-refractivity contribution in [2.24, 2.45) is 0 Å². The predicted molar refractivity (Wildman–Crippen MR) is 46.5 cm³/mol. The first kappa shape index (κ1) is 12.3. The predicted octanol–water partition coefficient (Wildman–Crippen LogP) is 1.82. The van der Waals surface area contributed by atoms with E-state index in [1.807, 2.05) is 0 Å². The normalized spacial score (nSPS) is 11.2. The van der Waals surface area contributed by atoms with Crippen molar-refractivity contribution in [1.82, 2.24) is 5.32 Å². The summed E-state index contributed by atoms with van der Waals surface area (Å²) in [6, 6.07) is 2.40. The molecule has 16 heavy (non-hydrogen) atoms. The van der Waals surface area contributed by atoms with Crippen LogP contribution in [0.5, 0.6) is 5.75 Å². The second kappa shape index (κ2) is 4.38. The number of carbonyl (C=O) groups excluding carboxylic acids is 1. The molecule has 0 heterocycles. The van der Waals surface area contributed by atoms with Gasteiger partial charge in [-0.15, -0.1) is 0 Å². The van der Waals surface area contributed by atoms with E-state index < -0.39 is 35.8 Å². The summed E-state index contributed by atoms with van der Waals surface area (Å²) in [5.74, 6) is -2.61. The van der Waals surface area contributed by atoms with Gasteiger partial charge in [0, 0.05) is 6.07 Å². The zero-order valence-corrected chi connectivity index (χ0v) is 7.81. The van der Waals surface area contributed by atoms with E-state index in [1.54, 1.807) is 5.32 Å². The first-order valence-electron chi connectivity index (χ1n) is 4.13. The van der Waals surface area contributed by atoms with E-state index in [-0.39, 0.29) is 0 Å². The van der Waals surface area contributed by atoms with Crippen LogP contribution in [0.15, 0.2) is 18.2 Å². The van der Waals surface area contributed by atoms with E-state index in [9.17, 15) is 22.4 Å². The van der Waals surface area contributed by atoms with Gasteiger partial charge in [0.2, 0.25) is 0 Å². The van der Waals surface area contributed by atoms with Crippen molar-refractivity contribution in [1.29, 1.82) is 0 Å². The van der Waals surface area contributed by atoms with E-state index in [2.05, 4.69) is 0 Å². The van der Waals surface area contributed by atoms with Crippen molar-refractivity contribution in [2.75, 3.05) is 6.54 Å². The molecular weight excluding hydrogens is 230 g/mol. The fourth-order valence-corrected chi connectivity index (χ4v) is 0.973. The van der Waals surface area contributed by atoms with Crippen molar-refractivity contribution in [2.45, 2.75) is 6.18 Å². The van der Waals surface area contributed by atoms with Crippen molar-refractivity contribution in [3.8, 4) is 5.75 Å². The van der Waals surface area contributed by atoms with Gasteiger partial charge in [0.25, 0.3) is 5.91 Å². The molecule has 0 bridgehead atoms. The average molecular weight is 237 g/mol. The van der Waals surface area contributed by atoms with Gasteiger partial charge in [0.15, 0.2) is 0 Å². The lowest BCUT2D eigenvalue weighted by molar-refractivity contribution is -0.123. The fourth-order valence-electron chi connectivity index (χ4n) is 0.973. The lowest BCUT2D eigenvalue weighted by atomic mass is 10.2. The minimum absolute atomic E-state index is 0.411. The van der Waals surface area contributed by atoms with Crippen molar-refractivity contribution < 1.29 is 27.5 Å². The molecule has 0 atom stereocenters. The zero-order valence-electron chi connectivity index (χ0n) is 7.81. The molecule has 0 aliphatic carbocycles. The number of hydrogen-bond acceptors (Lipinski definition) is 2. The third-order valence-corrected chi connectivity index (χ3v) is 1.65. The highest BCUT2D eigenvalue weighted by Crippen LogP contribution is 2.18. The van der Waals surface area contributed by atoms with Crippen LogP contribution in [0, 0.1) is 5.82 Å². The minimum atomic E-state index is -4.54. The number of rotatable bonds is 2. The Morgan fingerprint density at radius 2 is 2.00 bits per heavy atom. The smallest absolute Gasteiger partial charge is 0.405 e. The molecule has 0 unspecified atom stereocenters. The fraction of sp³-hybridized carbons (Fsp3) is 0.222. The van der Waals surface area contributed by atoms with Crippen LogP contribution in [-0.4, -0.2) is 23.7 Å². The zero-order chi connectivity index (χ0) is 12.3. The van der Waals surface area contributed by atoms with Crippen LogP contribution in [0.4, 0.5) is 17.6 Å². The molecule has 2 N–H and O–H groups in total. The van der Waals surface area contributed by atoms with Crippen LogP contribution in [0.3, 0.4) is 0 Å². The number of hydrogen-bond donors (Lipinski definition) is 2. The molecule has 0 radical (unpaired) electrons. The van der Waals surface area contributed by atoms with Gasteiger partial charge in [-0.2, -0.15) is 13.2 Å². The van der Waals surface area contributed by atoms with Crippen LogP contribution < -0.4 is 5.32 Å². The molecular formula is C9H7F4NO2. The standard InChI is InChI=1S/C9H7F4NO2/c10-5-1-2-6(7(15)3-5)8(16)14-4-9(11,12)13/h1-3,15H,4H2,(H,14,16). The summed E-state index contributed by atoms with van der Waals surface area (Å²) in [5, 5.41) is 10.7. The number of phenolic OH excluding ortho intramolecular Hbond substituents is 1. The van der Waals surface area contributed by atoms with Crippen LogP contribution in [0.2, 0.25) is 0 Å². The van der Waals surface area contributed by atoms with Crippen molar-refractivity contribution in [3.63, 3.8) is 0 Å². The Kier molecular flexibility index (Phi) is 3.36. The highest BCUT2D eigenvalue weighted by molar-refractivity contribution is 5.96. The largest absolute Gasteiger partial charge is 0.507 e. The Labute approximate surface area is 87.7 Å². The molecule has 0 aliphatic rings. The summed E-state index contributed by atoms with van der Waals surface area (Å²) in [4.78, 5) is 11.1. The molecule has 0 aromatic heterocycles. The molecule has 7 heteroatoms. The molecule has 0 saturated carbocycles. The second-order valence-corrected chi connectivity index (χ2v) is 2.96. The van der Waals surface area contributed by atoms with Gasteiger partial charge in [-0.25, -0.2) is 4.39 Å². The number of alkyl halides is 3. The summed E-state index contributed by atoms with van der Waals surface area (Å²) in [6.07, 6.45) is -4.54. The molecule has 1 aromatic carbocycles. The quantitative estimate of drug-likeness (QED) is 0.771. The number of halogens is 4. The number of phenols is 1. The van der Waals surface area contributed by atoms with Gasteiger partial charge < -0.3 is 10.4 Å². The van der Waals surface area contributed by atoms with Gasteiger partial charge in [0.1, 0.15) is 18.1 Å². The monoisotopic (exact) mass is 237 g/mol. The third-order valence-electron chi connectivity index (χ3n) is 1.65. The van der Waals surface area contributed by atoms with E-state index in [0.717, 1.165) is 12.1 Å². The SMILES string of the molecule is O=C(NCC(F)(F)F)c1ccc(F)cc1O. The molecule has 0 spiro atoms. The van der Waals surface area contributed by atoms with E-state index >= 15 is 0 Å². The average Bonchev–Trinajstić information content (AvgIpc) is 2.13. The summed E-state index contributed by atoms with van der Waals surface area (Å²) < 4.78 is 47.8. The second-order valence-electron chi connectivity index (χ2n) is 2.96. The number of nitrogens with one attached hydrogen (secondary N) is 1. The number of carbonyl (C=O) groups is 1. The summed E-state index contributed by atoms with van der Waals surface area (Å²) >= 11 is 0. The molecule has 1 amide bonds. The van der Waals surface area contributed by atoms with Crippen LogP contribution in [-0.2, 0) is 0 Å². The Morgan fingerprint density at radius 3 is 2.50 bits per heavy atom. The highest BCUT2D eigenvalue weighted by atomic mass is 19.4. The molecule has 0 aliphatic heterocycles. The number of benzene rings is 1. The summed E-state index contributed by atoms with van der Waals surface area (Å²) in [5.41, 5.74) is -0.411. The molecule has 3 nitrogen and oxygen atoms in total. The molecule has 0 saturated heterocycles. The highest BCUT2D eigenvalue weighted by Gasteiger charge is 2.28. The van der Waals surface area contributed by atoms with Gasteiger partial charge in [0.05, 0.1) is 5.56 Å². The lowest BCUT2D eigenvalue weighted by Crippen LogP contribution is -2.33. The van der Waals surface area contributed by atoms with Crippen LogP contribution >= 0.6 is 0 Å². The Hall–Kier alpha value is -1.79. The Bertz CT molecular complexity index is 403. The first-order chi connectivity index (χ1) is 7.29. The number of aromatic hydroxyl groups is 1. The van der Waals surface area contributed by atoms with Crippen molar-refractivity contribution in [3.05, 3.63) is 29.6 Å². The van der Waals surface area contributed by atoms with Crippen LogP contribution in [0.25, 0.3) is 0 Å². The van der Waals surface area contributed by atoms with Gasteiger partial charge in [-0.1, -0.05) is 0 Å². The van der Waals surface area contributed by atoms with E-state index in [0.29, 0.717) is 6.07 Å². The first-order valence-corrected chi connectivity index (χ1v) is 4.13. The Balaban J connectivity index is 2.74. The lowest BCUT2D eigenvalue weighted by Gasteiger charge is -2.09. The maximum Gasteiger partial charge on any atom is 0.405 e. The molecule has 1 aromatic rings. The maximum atomic E-state index is 12.5.